The number of hydrogen-bond donors (Lipinski definition) is 1. The summed E-state index contributed by atoms with van der Waals surface area (Å²) in [5, 5.41) is 2.92. The quantitative estimate of drug-likeness (QED) is 0.878. The molecule has 6 heteroatoms. The number of carbonyl (C=O) groups excluding carboxylic acids is 1. The Labute approximate surface area is 159 Å². The van der Waals surface area contributed by atoms with E-state index in [2.05, 4.69) is 28.2 Å². The SMILES string of the molecule is Cc1cccnc1CN1CCC2(CCC(CNC(=O)c3ccco3)O2)CC1. The highest BCUT2D eigenvalue weighted by molar-refractivity contribution is 5.91. The summed E-state index contributed by atoms with van der Waals surface area (Å²) in [7, 11) is 0. The van der Waals surface area contributed by atoms with E-state index in [1.54, 1.807) is 12.1 Å². The van der Waals surface area contributed by atoms with Crippen LogP contribution in [0.25, 0.3) is 0 Å². The first-order chi connectivity index (χ1) is 13.1. The highest BCUT2D eigenvalue weighted by atomic mass is 16.5. The molecular weight excluding hydrogens is 342 g/mol. The molecular formula is C21H27N3O3. The molecule has 1 atom stereocenters. The Bertz CT molecular complexity index is 767. The summed E-state index contributed by atoms with van der Waals surface area (Å²) >= 11 is 0. The lowest BCUT2D eigenvalue weighted by Crippen LogP contribution is -2.45. The number of hydrogen-bond acceptors (Lipinski definition) is 5. The Balaban J connectivity index is 1.24. The van der Waals surface area contributed by atoms with Crippen molar-refractivity contribution in [2.24, 2.45) is 0 Å². The summed E-state index contributed by atoms with van der Waals surface area (Å²) in [6.07, 6.45) is 7.63. The van der Waals surface area contributed by atoms with Gasteiger partial charge in [-0.25, -0.2) is 0 Å². The molecule has 0 bridgehead atoms. The van der Waals surface area contributed by atoms with Gasteiger partial charge in [0.05, 0.1) is 23.7 Å². The number of furan rings is 1. The van der Waals surface area contributed by atoms with Crippen molar-refractivity contribution in [3.05, 3.63) is 53.7 Å². The highest BCUT2D eigenvalue weighted by Crippen LogP contribution is 2.39. The fourth-order valence-electron chi connectivity index (χ4n) is 4.12. The van der Waals surface area contributed by atoms with Crippen molar-refractivity contribution in [1.82, 2.24) is 15.2 Å². The van der Waals surface area contributed by atoms with Crippen LogP contribution in [0.5, 0.6) is 0 Å². The van der Waals surface area contributed by atoms with Gasteiger partial charge in [0, 0.05) is 32.4 Å². The van der Waals surface area contributed by atoms with E-state index in [4.69, 9.17) is 9.15 Å². The van der Waals surface area contributed by atoms with Gasteiger partial charge in [-0.1, -0.05) is 6.07 Å². The van der Waals surface area contributed by atoms with Gasteiger partial charge in [0.15, 0.2) is 5.76 Å². The van der Waals surface area contributed by atoms with Crippen LogP contribution < -0.4 is 5.32 Å². The monoisotopic (exact) mass is 369 g/mol. The molecule has 2 saturated heterocycles. The van der Waals surface area contributed by atoms with Crippen molar-refractivity contribution in [3.63, 3.8) is 0 Å². The molecule has 0 saturated carbocycles. The lowest BCUT2D eigenvalue weighted by Gasteiger charge is -2.39. The maximum atomic E-state index is 12.0. The van der Waals surface area contributed by atoms with Crippen LogP contribution in [-0.2, 0) is 11.3 Å². The van der Waals surface area contributed by atoms with Crippen LogP contribution in [0.3, 0.4) is 0 Å². The maximum absolute atomic E-state index is 12.0. The highest BCUT2D eigenvalue weighted by Gasteiger charge is 2.42. The Kier molecular flexibility index (Phi) is 5.27. The Morgan fingerprint density at radius 3 is 2.89 bits per heavy atom. The number of rotatable bonds is 5. The molecule has 0 aromatic carbocycles. The molecule has 2 aromatic rings. The molecule has 1 unspecified atom stereocenters. The average Bonchev–Trinajstić information content (AvgIpc) is 3.35. The lowest BCUT2D eigenvalue weighted by molar-refractivity contribution is -0.0766. The lowest BCUT2D eigenvalue weighted by atomic mass is 9.88. The number of ether oxygens (including phenoxy) is 1. The summed E-state index contributed by atoms with van der Waals surface area (Å²) in [5.41, 5.74) is 2.40. The van der Waals surface area contributed by atoms with Gasteiger partial charge >= 0.3 is 0 Å². The molecule has 2 fully saturated rings. The normalized spacial score (nSPS) is 22.2. The number of carbonyl (C=O) groups is 1. The molecule has 2 aromatic heterocycles. The van der Waals surface area contributed by atoms with Crippen molar-refractivity contribution in [2.75, 3.05) is 19.6 Å². The molecule has 0 radical (unpaired) electrons. The number of aromatic nitrogens is 1. The molecule has 4 heterocycles. The third-order valence-electron chi connectivity index (χ3n) is 5.83. The molecule has 6 nitrogen and oxygen atoms in total. The summed E-state index contributed by atoms with van der Waals surface area (Å²) < 4.78 is 11.5. The van der Waals surface area contributed by atoms with Crippen LogP contribution in [0.15, 0.2) is 41.1 Å². The summed E-state index contributed by atoms with van der Waals surface area (Å²) in [6.45, 7) is 5.63. The van der Waals surface area contributed by atoms with Gasteiger partial charge in [-0.2, -0.15) is 0 Å². The Morgan fingerprint density at radius 2 is 2.15 bits per heavy atom. The van der Waals surface area contributed by atoms with Gasteiger partial charge in [-0.05, 0) is 56.4 Å². The van der Waals surface area contributed by atoms with Crippen molar-refractivity contribution in [3.8, 4) is 0 Å². The van der Waals surface area contributed by atoms with Crippen LogP contribution in [-0.4, -0.2) is 47.1 Å². The van der Waals surface area contributed by atoms with Gasteiger partial charge in [-0.15, -0.1) is 0 Å². The number of nitrogens with zero attached hydrogens (tertiary/aromatic N) is 2. The van der Waals surface area contributed by atoms with Crippen LogP contribution in [0.2, 0.25) is 0 Å². The fraction of sp³-hybridized carbons (Fsp3) is 0.524. The second kappa shape index (κ2) is 7.82. The Hall–Kier alpha value is -2.18. The molecule has 1 spiro atoms. The van der Waals surface area contributed by atoms with Crippen LogP contribution in [0, 0.1) is 6.92 Å². The minimum Gasteiger partial charge on any atom is -0.459 e. The second-order valence-corrected chi connectivity index (χ2v) is 7.69. The first-order valence-corrected chi connectivity index (χ1v) is 9.76. The van der Waals surface area contributed by atoms with E-state index in [-0.39, 0.29) is 17.6 Å². The van der Waals surface area contributed by atoms with Crippen LogP contribution in [0.4, 0.5) is 0 Å². The largest absolute Gasteiger partial charge is 0.459 e. The Morgan fingerprint density at radius 1 is 1.30 bits per heavy atom. The summed E-state index contributed by atoms with van der Waals surface area (Å²) in [6, 6.07) is 7.50. The molecule has 0 aliphatic carbocycles. The molecule has 1 N–H and O–H groups in total. The predicted octanol–water partition coefficient (Wildman–Crippen LogP) is 2.93. The number of likely N-dealkylation sites (tertiary alicyclic amines) is 1. The number of aryl methyl sites for hydroxylation is 1. The molecule has 2 aliphatic rings. The van der Waals surface area contributed by atoms with Crippen molar-refractivity contribution in [1.29, 1.82) is 0 Å². The summed E-state index contributed by atoms with van der Waals surface area (Å²) in [4.78, 5) is 19.0. The standard InChI is InChI=1S/C21H27N3O3/c1-16-4-2-10-22-18(16)15-24-11-8-21(9-12-24)7-6-17(27-21)14-23-20(25)19-5-3-13-26-19/h2-5,10,13,17H,6-9,11-12,14-15H2,1H3,(H,23,25). The van der Waals surface area contributed by atoms with Gasteiger partial charge in [0.25, 0.3) is 5.91 Å². The molecule has 27 heavy (non-hydrogen) atoms. The fourth-order valence-corrected chi connectivity index (χ4v) is 4.12. The van der Waals surface area contributed by atoms with Gasteiger partial charge < -0.3 is 14.5 Å². The van der Waals surface area contributed by atoms with E-state index in [1.165, 1.54) is 17.5 Å². The first-order valence-electron chi connectivity index (χ1n) is 9.76. The van der Waals surface area contributed by atoms with Crippen molar-refractivity contribution >= 4 is 5.91 Å². The molecule has 4 rings (SSSR count). The third-order valence-corrected chi connectivity index (χ3v) is 5.83. The molecule has 1 amide bonds. The van der Waals surface area contributed by atoms with Crippen molar-refractivity contribution in [2.45, 2.75) is 50.9 Å². The minimum atomic E-state index is -0.176. The zero-order valence-corrected chi connectivity index (χ0v) is 15.8. The second-order valence-electron chi connectivity index (χ2n) is 7.69. The zero-order chi connectivity index (χ0) is 18.7. The number of pyridine rings is 1. The zero-order valence-electron chi connectivity index (χ0n) is 15.8. The molecule has 2 aliphatic heterocycles. The molecule has 144 valence electrons. The number of piperidine rings is 1. The van der Waals surface area contributed by atoms with E-state index in [9.17, 15) is 4.79 Å². The van der Waals surface area contributed by atoms with Crippen LogP contribution >= 0.6 is 0 Å². The van der Waals surface area contributed by atoms with E-state index in [1.807, 2.05) is 12.3 Å². The number of nitrogens with one attached hydrogen (secondary N) is 1. The van der Waals surface area contributed by atoms with E-state index < -0.39 is 0 Å². The van der Waals surface area contributed by atoms with E-state index >= 15 is 0 Å². The van der Waals surface area contributed by atoms with E-state index in [0.29, 0.717) is 12.3 Å². The smallest absolute Gasteiger partial charge is 0.287 e. The maximum Gasteiger partial charge on any atom is 0.287 e. The first kappa shape index (κ1) is 18.2. The predicted molar refractivity (Wildman–Crippen MR) is 101 cm³/mol. The average molecular weight is 369 g/mol. The number of amides is 1. The minimum absolute atomic E-state index is 0.0181. The van der Waals surface area contributed by atoms with E-state index in [0.717, 1.165) is 45.3 Å². The van der Waals surface area contributed by atoms with Gasteiger partial charge in [0.2, 0.25) is 0 Å². The topological polar surface area (TPSA) is 67.6 Å². The third kappa shape index (κ3) is 4.22. The van der Waals surface area contributed by atoms with Crippen molar-refractivity contribution < 1.29 is 13.9 Å². The van der Waals surface area contributed by atoms with Crippen LogP contribution in [0.1, 0.15) is 47.5 Å². The van der Waals surface area contributed by atoms with Gasteiger partial charge in [-0.3, -0.25) is 14.7 Å². The summed E-state index contributed by atoms with van der Waals surface area (Å²) in [5.74, 6) is 0.172. The van der Waals surface area contributed by atoms with Gasteiger partial charge in [0.1, 0.15) is 0 Å².